The summed E-state index contributed by atoms with van der Waals surface area (Å²) in [6, 6.07) is 13.9. The van der Waals surface area contributed by atoms with Crippen LogP contribution in [0.25, 0.3) is 5.65 Å². The van der Waals surface area contributed by atoms with Gasteiger partial charge in [-0.2, -0.15) is 0 Å². The summed E-state index contributed by atoms with van der Waals surface area (Å²) in [7, 11) is 0. The molecule has 0 fully saturated rings. The van der Waals surface area contributed by atoms with Gasteiger partial charge >= 0.3 is 0 Å². The third-order valence-corrected chi connectivity index (χ3v) is 2.80. The highest BCUT2D eigenvalue weighted by Gasteiger charge is 2.02. The molecule has 4 nitrogen and oxygen atoms in total. The Morgan fingerprint density at radius 1 is 1.11 bits per heavy atom. The van der Waals surface area contributed by atoms with Crippen LogP contribution in [0.4, 0.5) is 0 Å². The molecular formula is C14H13N3O. The first-order chi connectivity index (χ1) is 8.83. The minimum absolute atomic E-state index is 0.560. The number of aromatic nitrogens is 3. The molecule has 2 heterocycles. The van der Waals surface area contributed by atoms with Crippen LogP contribution in [0.5, 0.6) is 5.75 Å². The maximum absolute atomic E-state index is 5.73. The minimum Gasteiger partial charge on any atom is -0.489 e. The lowest BCUT2D eigenvalue weighted by molar-refractivity contribution is 0.306. The van der Waals surface area contributed by atoms with Crippen LogP contribution in [0.1, 0.15) is 11.4 Å². The fourth-order valence-electron chi connectivity index (χ4n) is 1.82. The molecule has 0 saturated carbocycles. The topological polar surface area (TPSA) is 39.4 Å². The Morgan fingerprint density at radius 2 is 1.94 bits per heavy atom. The van der Waals surface area contributed by atoms with Gasteiger partial charge in [0.25, 0.3) is 0 Å². The zero-order valence-corrected chi connectivity index (χ0v) is 10.1. The van der Waals surface area contributed by atoms with Gasteiger partial charge in [-0.1, -0.05) is 30.3 Å². The van der Waals surface area contributed by atoms with Crippen molar-refractivity contribution in [2.75, 3.05) is 0 Å². The van der Waals surface area contributed by atoms with Crippen molar-refractivity contribution in [1.29, 1.82) is 0 Å². The lowest BCUT2D eigenvalue weighted by Crippen LogP contribution is -1.96. The highest BCUT2D eigenvalue weighted by atomic mass is 16.5. The molecule has 0 atom stereocenters. The molecular weight excluding hydrogens is 226 g/mol. The van der Waals surface area contributed by atoms with Crippen LogP contribution in [0.15, 0.2) is 48.7 Å². The van der Waals surface area contributed by atoms with E-state index in [-0.39, 0.29) is 0 Å². The predicted molar refractivity (Wildman–Crippen MR) is 68.5 cm³/mol. The molecule has 0 saturated heterocycles. The summed E-state index contributed by atoms with van der Waals surface area (Å²) in [6.07, 6.45) is 1.92. The van der Waals surface area contributed by atoms with E-state index >= 15 is 0 Å². The first-order valence-electron chi connectivity index (χ1n) is 5.81. The fraction of sp³-hybridized carbons (Fsp3) is 0.143. The van der Waals surface area contributed by atoms with E-state index in [0.29, 0.717) is 6.61 Å². The number of benzene rings is 1. The molecule has 3 aromatic rings. The Bertz CT molecular complexity index is 661. The van der Waals surface area contributed by atoms with Gasteiger partial charge in [0, 0.05) is 12.3 Å². The second-order valence-electron chi connectivity index (χ2n) is 4.11. The minimum atomic E-state index is 0.560. The van der Waals surface area contributed by atoms with Crippen LogP contribution in [0, 0.1) is 6.92 Å². The highest BCUT2D eigenvalue weighted by molar-refractivity contribution is 5.43. The number of ether oxygens (including phenoxy) is 1. The summed E-state index contributed by atoms with van der Waals surface area (Å²) < 4.78 is 7.65. The third kappa shape index (κ3) is 2.05. The summed E-state index contributed by atoms with van der Waals surface area (Å²) in [5.41, 5.74) is 1.95. The summed E-state index contributed by atoms with van der Waals surface area (Å²) in [6.45, 7) is 2.48. The highest BCUT2D eigenvalue weighted by Crippen LogP contribution is 2.15. The van der Waals surface area contributed by atoms with Crippen molar-refractivity contribution in [3.05, 3.63) is 60.0 Å². The van der Waals surface area contributed by atoms with Gasteiger partial charge in [-0.3, -0.25) is 4.40 Å². The van der Waals surface area contributed by atoms with Gasteiger partial charge in [0.05, 0.1) is 0 Å². The molecule has 2 aromatic heterocycles. The lowest BCUT2D eigenvalue weighted by atomic mass is 10.2. The van der Waals surface area contributed by atoms with Gasteiger partial charge in [-0.15, -0.1) is 10.2 Å². The normalized spacial score (nSPS) is 10.7. The number of nitrogens with zero attached hydrogens (tertiary/aromatic N) is 3. The fourth-order valence-corrected chi connectivity index (χ4v) is 1.82. The van der Waals surface area contributed by atoms with Crippen molar-refractivity contribution < 1.29 is 4.74 Å². The van der Waals surface area contributed by atoms with E-state index in [1.165, 1.54) is 0 Å². The molecule has 18 heavy (non-hydrogen) atoms. The van der Waals surface area contributed by atoms with Crippen LogP contribution in [0.2, 0.25) is 0 Å². The van der Waals surface area contributed by atoms with Gasteiger partial charge in [0.1, 0.15) is 18.2 Å². The molecule has 0 aliphatic heterocycles. The number of pyridine rings is 1. The molecule has 0 amide bonds. The maximum atomic E-state index is 5.73. The van der Waals surface area contributed by atoms with E-state index < -0.39 is 0 Å². The monoisotopic (exact) mass is 239 g/mol. The van der Waals surface area contributed by atoms with Crippen molar-refractivity contribution in [2.24, 2.45) is 0 Å². The first kappa shape index (κ1) is 10.8. The van der Waals surface area contributed by atoms with Gasteiger partial charge in [0.15, 0.2) is 5.65 Å². The quantitative estimate of drug-likeness (QED) is 0.705. The standard InChI is InChI=1S/C14H13N3O/c1-11-15-16-14-9-13(7-8-17(11)14)18-10-12-5-3-2-4-6-12/h2-9H,10H2,1H3. The van der Waals surface area contributed by atoms with Crippen molar-refractivity contribution in [3.8, 4) is 5.75 Å². The Labute approximate surface area is 105 Å². The van der Waals surface area contributed by atoms with Crippen LogP contribution < -0.4 is 4.74 Å². The second kappa shape index (κ2) is 4.49. The largest absolute Gasteiger partial charge is 0.489 e. The summed E-state index contributed by atoms with van der Waals surface area (Å²) >= 11 is 0. The van der Waals surface area contributed by atoms with E-state index in [1.54, 1.807) is 0 Å². The Kier molecular flexibility index (Phi) is 2.68. The number of rotatable bonds is 3. The molecule has 0 radical (unpaired) electrons. The SMILES string of the molecule is Cc1nnc2cc(OCc3ccccc3)ccn12. The molecule has 90 valence electrons. The van der Waals surface area contributed by atoms with Crippen molar-refractivity contribution in [3.63, 3.8) is 0 Å². The molecule has 1 aromatic carbocycles. The van der Waals surface area contributed by atoms with E-state index in [2.05, 4.69) is 10.2 Å². The van der Waals surface area contributed by atoms with Gasteiger partial charge in [-0.05, 0) is 18.6 Å². The smallest absolute Gasteiger partial charge is 0.164 e. The second-order valence-corrected chi connectivity index (χ2v) is 4.11. The molecule has 3 rings (SSSR count). The molecule has 0 aliphatic carbocycles. The Balaban J connectivity index is 1.79. The summed E-state index contributed by atoms with van der Waals surface area (Å²) in [4.78, 5) is 0. The van der Waals surface area contributed by atoms with Gasteiger partial charge in [0.2, 0.25) is 0 Å². The van der Waals surface area contributed by atoms with Gasteiger partial charge < -0.3 is 4.74 Å². The average Bonchev–Trinajstić information content (AvgIpc) is 2.79. The molecule has 0 bridgehead atoms. The van der Waals surface area contributed by atoms with Crippen molar-refractivity contribution in [1.82, 2.24) is 14.6 Å². The van der Waals surface area contributed by atoms with Crippen LogP contribution >= 0.6 is 0 Å². The zero-order valence-electron chi connectivity index (χ0n) is 10.1. The van der Waals surface area contributed by atoms with E-state index in [1.807, 2.05) is 60.0 Å². The van der Waals surface area contributed by atoms with Crippen LogP contribution in [-0.2, 0) is 6.61 Å². The molecule has 4 heteroatoms. The number of hydrogen-bond acceptors (Lipinski definition) is 3. The number of hydrogen-bond donors (Lipinski definition) is 0. The number of fused-ring (bicyclic) bond motifs is 1. The molecule has 0 N–H and O–H groups in total. The van der Waals surface area contributed by atoms with Crippen LogP contribution in [-0.4, -0.2) is 14.6 Å². The van der Waals surface area contributed by atoms with Crippen molar-refractivity contribution >= 4 is 5.65 Å². The zero-order chi connectivity index (χ0) is 12.4. The van der Waals surface area contributed by atoms with E-state index in [0.717, 1.165) is 22.8 Å². The Hall–Kier alpha value is -2.36. The van der Waals surface area contributed by atoms with Crippen molar-refractivity contribution in [2.45, 2.75) is 13.5 Å². The summed E-state index contributed by atoms with van der Waals surface area (Å²) in [5, 5.41) is 8.08. The molecule has 0 unspecified atom stereocenters. The van der Waals surface area contributed by atoms with E-state index in [4.69, 9.17) is 4.74 Å². The third-order valence-electron chi connectivity index (χ3n) is 2.80. The summed E-state index contributed by atoms with van der Waals surface area (Å²) in [5.74, 6) is 1.68. The van der Waals surface area contributed by atoms with Crippen LogP contribution in [0.3, 0.4) is 0 Å². The molecule has 0 aliphatic rings. The Morgan fingerprint density at radius 3 is 2.78 bits per heavy atom. The van der Waals surface area contributed by atoms with Gasteiger partial charge in [-0.25, -0.2) is 0 Å². The average molecular weight is 239 g/mol. The maximum Gasteiger partial charge on any atom is 0.164 e. The first-order valence-corrected chi connectivity index (χ1v) is 5.81. The number of aryl methyl sites for hydroxylation is 1. The molecule has 0 spiro atoms. The predicted octanol–water partition coefficient (Wildman–Crippen LogP) is 2.62. The lowest BCUT2D eigenvalue weighted by Gasteiger charge is -2.06. The van der Waals surface area contributed by atoms with E-state index in [9.17, 15) is 0 Å².